The summed E-state index contributed by atoms with van der Waals surface area (Å²) in [5, 5.41) is 6.99. The molecule has 0 rings (SSSR count). The van der Waals surface area contributed by atoms with E-state index in [9.17, 15) is 0 Å². The molecule has 0 aromatic carbocycles. The largest absolute Gasteiger partial charge is 0.294 e. The summed E-state index contributed by atoms with van der Waals surface area (Å²) in [7, 11) is 0. The van der Waals surface area contributed by atoms with Gasteiger partial charge in [0.05, 0.1) is 3.72 Å². The summed E-state index contributed by atoms with van der Waals surface area (Å²) in [6.07, 6.45) is 3.82. The van der Waals surface area contributed by atoms with Crippen molar-refractivity contribution in [2.24, 2.45) is 5.92 Å². The lowest BCUT2D eigenvalue weighted by Gasteiger charge is -1.89. The number of allylic oxidation sites excluding steroid dienone is 2. The molecule has 0 fully saturated rings. The molecule has 0 saturated carbocycles. The summed E-state index contributed by atoms with van der Waals surface area (Å²) in [5.74, 6) is 0.560. The summed E-state index contributed by atoms with van der Waals surface area (Å²) >= 11 is 1.97. The minimum absolute atomic E-state index is 0.560. The van der Waals surface area contributed by atoms with Crippen LogP contribution in [0.1, 0.15) is 13.8 Å². The van der Waals surface area contributed by atoms with Crippen molar-refractivity contribution < 1.29 is 0 Å². The van der Waals surface area contributed by atoms with Gasteiger partial charge in [0.1, 0.15) is 0 Å². The Labute approximate surface area is 63.8 Å². The molecule has 0 spiro atoms. The third-order valence-electron chi connectivity index (χ3n) is 0.627. The van der Waals surface area contributed by atoms with Crippen LogP contribution >= 0.6 is 22.6 Å². The summed E-state index contributed by atoms with van der Waals surface area (Å²) in [4.78, 5) is 0. The molecule has 0 saturated heterocycles. The van der Waals surface area contributed by atoms with Crippen LogP contribution in [0.2, 0.25) is 0 Å². The van der Waals surface area contributed by atoms with Crippen molar-refractivity contribution in [2.75, 3.05) is 0 Å². The molecular formula is C6H10IN. The summed E-state index contributed by atoms with van der Waals surface area (Å²) in [6.45, 7) is 4.19. The van der Waals surface area contributed by atoms with Crippen molar-refractivity contribution in [1.29, 1.82) is 5.41 Å². The van der Waals surface area contributed by atoms with Gasteiger partial charge in [0.15, 0.2) is 0 Å². The van der Waals surface area contributed by atoms with E-state index < -0.39 is 0 Å². The minimum Gasteiger partial charge on any atom is -0.294 e. The highest BCUT2D eigenvalue weighted by Crippen LogP contribution is 1.96. The number of halogens is 1. The van der Waals surface area contributed by atoms with E-state index >= 15 is 0 Å². The van der Waals surface area contributed by atoms with Gasteiger partial charge in [-0.15, -0.1) is 0 Å². The van der Waals surface area contributed by atoms with Crippen molar-refractivity contribution in [1.82, 2.24) is 0 Å². The molecule has 0 aromatic heterocycles. The quantitative estimate of drug-likeness (QED) is 0.549. The van der Waals surface area contributed by atoms with Crippen LogP contribution in [0.15, 0.2) is 12.2 Å². The molecule has 8 heavy (non-hydrogen) atoms. The first-order chi connectivity index (χ1) is 3.63. The molecule has 1 N–H and O–H groups in total. The second-order valence-corrected chi connectivity index (χ2v) is 3.11. The first kappa shape index (κ1) is 8.14. The topological polar surface area (TPSA) is 23.9 Å². The fourth-order valence-corrected chi connectivity index (χ4v) is 0.485. The SMILES string of the molecule is CC(C)/C=C\C(=N)I. The lowest BCUT2D eigenvalue weighted by atomic mass is 10.2. The molecule has 0 aliphatic carbocycles. The molecule has 0 radical (unpaired) electrons. The van der Waals surface area contributed by atoms with Gasteiger partial charge in [-0.25, -0.2) is 0 Å². The molecule has 0 aliphatic heterocycles. The number of nitrogens with one attached hydrogen (secondary N) is 1. The van der Waals surface area contributed by atoms with Crippen molar-refractivity contribution in [3.05, 3.63) is 12.2 Å². The lowest BCUT2D eigenvalue weighted by Crippen LogP contribution is -1.79. The first-order valence-electron chi connectivity index (χ1n) is 2.55. The summed E-state index contributed by atoms with van der Waals surface area (Å²) in [5.41, 5.74) is 0. The molecule has 1 nitrogen and oxygen atoms in total. The van der Waals surface area contributed by atoms with Crippen LogP contribution in [0.4, 0.5) is 0 Å². The van der Waals surface area contributed by atoms with Crippen LogP contribution in [-0.2, 0) is 0 Å². The molecule has 0 atom stereocenters. The Morgan fingerprint density at radius 1 is 1.62 bits per heavy atom. The molecule has 46 valence electrons. The van der Waals surface area contributed by atoms with Gasteiger partial charge in [-0.1, -0.05) is 19.9 Å². The van der Waals surface area contributed by atoms with E-state index in [1.807, 2.05) is 34.7 Å². The Morgan fingerprint density at radius 3 is 2.25 bits per heavy atom. The smallest absolute Gasteiger partial charge is 0.0916 e. The zero-order valence-corrected chi connectivity index (χ0v) is 7.27. The third-order valence-corrected chi connectivity index (χ3v) is 0.987. The van der Waals surface area contributed by atoms with Gasteiger partial charge >= 0.3 is 0 Å². The molecule has 0 aromatic rings. The fraction of sp³-hybridized carbons (Fsp3) is 0.500. The summed E-state index contributed by atoms with van der Waals surface area (Å²) in [6, 6.07) is 0. The van der Waals surface area contributed by atoms with Crippen LogP contribution in [0.3, 0.4) is 0 Å². The van der Waals surface area contributed by atoms with E-state index in [4.69, 9.17) is 5.41 Å². The second-order valence-electron chi connectivity index (χ2n) is 1.95. The van der Waals surface area contributed by atoms with Gasteiger partial charge in [0, 0.05) is 0 Å². The lowest BCUT2D eigenvalue weighted by molar-refractivity contribution is 0.833. The Hall–Kier alpha value is 0.140. The number of hydrogen-bond acceptors (Lipinski definition) is 1. The van der Waals surface area contributed by atoms with E-state index in [1.165, 1.54) is 0 Å². The van der Waals surface area contributed by atoms with Gasteiger partial charge in [-0.2, -0.15) is 0 Å². The Bertz CT molecular complexity index is 105. The average Bonchev–Trinajstić information content (AvgIpc) is 1.61. The van der Waals surface area contributed by atoms with Crippen LogP contribution in [0, 0.1) is 11.3 Å². The van der Waals surface area contributed by atoms with Crippen LogP contribution in [0.25, 0.3) is 0 Å². The normalized spacial score (nSPS) is 11.0. The average molecular weight is 223 g/mol. The van der Waals surface area contributed by atoms with Gasteiger partial charge in [-0.3, -0.25) is 5.41 Å². The van der Waals surface area contributed by atoms with Crippen LogP contribution in [0.5, 0.6) is 0 Å². The van der Waals surface area contributed by atoms with E-state index in [1.54, 1.807) is 0 Å². The Morgan fingerprint density at radius 2 is 2.12 bits per heavy atom. The van der Waals surface area contributed by atoms with Gasteiger partial charge in [0.25, 0.3) is 0 Å². The molecule has 0 unspecified atom stereocenters. The molecule has 0 aliphatic rings. The van der Waals surface area contributed by atoms with Crippen molar-refractivity contribution in [3.8, 4) is 0 Å². The van der Waals surface area contributed by atoms with Crippen LogP contribution in [-0.4, -0.2) is 3.72 Å². The minimum atomic E-state index is 0.560. The Balaban J connectivity index is 3.50. The predicted molar refractivity (Wildman–Crippen MR) is 45.7 cm³/mol. The Kier molecular flexibility index (Phi) is 4.13. The highest BCUT2D eigenvalue weighted by atomic mass is 127. The maximum atomic E-state index is 6.99. The van der Waals surface area contributed by atoms with E-state index in [2.05, 4.69) is 13.8 Å². The van der Waals surface area contributed by atoms with Gasteiger partial charge < -0.3 is 0 Å². The van der Waals surface area contributed by atoms with Crippen molar-refractivity contribution >= 4 is 26.3 Å². The highest BCUT2D eigenvalue weighted by Gasteiger charge is 1.82. The van der Waals surface area contributed by atoms with Crippen LogP contribution < -0.4 is 0 Å². The number of rotatable bonds is 2. The first-order valence-corrected chi connectivity index (χ1v) is 3.63. The van der Waals surface area contributed by atoms with E-state index in [-0.39, 0.29) is 0 Å². The zero-order valence-electron chi connectivity index (χ0n) is 5.11. The number of hydrogen-bond donors (Lipinski definition) is 1. The van der Waals surface area contributed by atoms with Crippen molar-refractivity contribution in [3.63, 3.8) is 0 Å². The van der Waals surface area contributed by atoms with E-state index in [0.717, 1.165) is 0 Å². The molecule has 0 heterocycles. The van der Waals surface area contributed by atoms with E-state index in [0.29, 0.717) is 9.64 Å². The zero-order chi connectivity index (χ0) is 6.57. The van der Waals surface area contributed by atoms with Gasteiger partial charge in [-0.05, 0) is 34.6 Å². The fourth-order valence-electron chi connectivity index (χ4n) is 0.277. The predicted octanol–water partition coefficient (Wildman–Crippen LogP) is 2.61. The molecule has 0 amide bonds. The monoisotopic (exact) mass is 223 g/mol. The maximum Gasteiger partial charge on any atom is 0.0916 e. The van der Waals surface area contributed by atoms with Gasteiger partial charge in [0.2, 0.25) is 0 Å². The van der Waals surface area contributed by atoms with Crippen molar-refractivity contribution in [2.45, 2.75) is 13.8 Å². The molecule has 2 heteroatoms. The highest BCUT2D eigenvalue weighted by molar-refractivity contribution is 14.1. The standard InChI is InChI=1S/C6H10IN/c1-5(2)3-4-6(7)8/h3-5,8H,1-2H3/b4-3-,8-6?. The maximum absolute atomic E-state index is 6.99. The second kappa shape index (κ2) is 4.06. The molecule has 0 bridgehead atoms. The third kappa shape index (κ3) is 6.14. The summed E-state index contributed by atoms with van der Waals surface area (Å²) < 4.78 is 0.594. The molecular weight excluding hydrogens is 213 g/mol.